The largest absolute Gasteiger partial charge is 0.387 e. The molecular formula is C6H10F2OS. The molecule has 10 heavy (non-hydrogen) atoms. The fraction of sp³-hybridized carbons (Fsp3) is 1.00. The maximum atomic E-state index is 11.8. The van der Waals surface area contributed by atoms with Crippen LogP contribution in [0.2, 0.25) is 0 Å². The van der Waals surface area contributed by atoms with Crippen molar-refractivity contribution in [2.24, 2.45) is 5.92 Å². The molecule has 2 unspecified atom stereocenters. The molecule has 1 N–H and O–H groups in total. The van der Waals surface area contributed by atoms with Gasteiger partial charge in [0.1, 0.15) is 6.10 Å². The van der Waals surface area contributed by atoms with Crippen molar-refractivity contribution in [1.29, 1.82) is 0 Å². The van der Waals surface area contributed by atoms with Gasteiger partial charge in [0.05, 0.1) is 0 Å². The average Bonchev–Trinajstić information content (AvgIpc) is 2.36. The van der Waals surface area contributed by atoms with Crippen molar-refractivity contribution in [3.63, 3.8) is 0 Å². The lowest BCUT2D eigenvalue weighted by Crippen LogP contribution is -2.27. The van der Waals surface area contributed by atoms with Crippen LogP contribution in [-0.4, -0.2) is 29.1 Å². The minimum absolute atomic E-state index is 0.176. The average molecular weight is 168 g/mol. The number of hydrogen-bond donors (Lipinski definition) is 1. The van der Waals surface area contributed by atoms with E-state index in [1.807, 2.05) is 0 Å². The lowest BCUT2D eigenvalue weighted by Gasteiger charge is -2.14. The third-order valence-corrected chi connectivity index (χ3v) is 2.89. The molecule has 1 fully saturated rings. The van der Waals surface area contributed by atoms with Crippen molar-refractivity contribution >= 4 is 11.8 Å². The van der Waals surface area contributed by atoms with Gasteiger partial charge in [-0.05, 0) is 17.9 Å². The number of thioether (sulfide) groups is 1. The minimum atomic E-state index is -2.57. The Labute approximate surface area is 62.8 Å². The SMILES string of the molecule is OC(C(F)F)C1CCSC1. The van der Waals surface area contributed by atoms with Crippen LogP contribution in [0.4, 0.5) is 8.78 Å². The van der Waals surface area contributed by atoms with Crippen LogP contribution in [0.15, 0.2) is 0 Å². The maximum absolute atomic E-state index is 11.8. The molecule has 1 heterocycles. The standard InChI is InChI=1S/C6H10F2OS/c7-6(8)5(9)4-1-2-10-3-4/h4-6,9H,1-3H2. The maximum Gasteiger partial charge on any atom is 0.264 e. The van der Waals surface area contributed by atoms with Crippen molar-refractivity contribution in [1.82, 2.24) is 0 Å². The van der Waals surface area contributed by atoms with Crippen LogP contribution in [0.1, 0.15) is 6.42 Å². The summed E-state index contributed by atoms with van der Waals surface area (Å²) >= 11 is 1.63. The highest BCUT2D eigenvalue weighted by molar-refractivity contribution is 7.99. The molecule has 2 atom stereocenters. The molecule has 1 rings (SSSR count). The molecule has 60 valence electrons. The molecule has 0 aromatic rings. The van der Waals surface area contributed by atoms with E-state index in [4.69, 9.17) is 5.11 Å². The number of alkyl halides is 2. The Kier molecular flexibility index (Phi) is 2.92. The fourth-order valence-corrected chi connectivity index (χ4v) is 2.33. The van der Waals surface area contributed by atoms with Crippen LogP contribution in [0.25, 0.3) is 0 Å². The first-order valence-electron chi connectivity index (χ1n) is 3.26. The van der Waals surface area contributed by atoms with Gasteiger partial charge in [0.15, 0.2) is 0 Å². The number of aliphatic hydroxyl groups is 1. The van der Waals surface area contributed by atoms with Gasteiger partial charge in [-0.1, -0.05) is 0 Å². The third-order valence-electron chi connectivity index (χ3n) is 1.71. The summed E-state index contributed by atoms with van der Waals surface area (Å²) in [7, 11) is 0. The van der Waals surface area contributed by atoms with E-state index in [0.717, 1.165) is 12.2 Å². The molecule has 0 radical (unpaired) electrons. The molecule has 1 nitrogen and oxygen atoms in total. The zero-order valence-electron chi connectivity index (χ0n) is 5.46. The molecule has 0 saturated carbocycles. The summed E-state index contributed by atoms with van der Waals surface area (Å²) in [6, 6.07) is 0. The topological polar surface area (TPSA) is 20.2 Å². The second-order valence-corrected chi connectivity index (χ2v) is 3.60. The Morgan fingerprint density at radius 1 is 1.50 bits per heavy atom. The normalized spacial score (nSPS) is 29.4. The van der Waals surface area contributed by atoms with Crippen molar-refractivity contribution in [3.8, 4) is 0 Å². The van der Waals surface area contributed by atoms with Crippen LogP contribution >= 0.6 is 11.8 Å². The molecule has 1 aliphatic rings. The number of aliphatic hydroxyl groups excluding tert-OH is 1. The van der Waals surface area contributed by atoms with Gasteiger partial charge in [0.2, 0.25) is 0 Å². The van der Waals surface area contributed by atoms with Crippen LogP contribution in [0, 0.1) is 5.92 Å². The second-order valence-electron chi connectivity index (χ2n) is 2.45. The summed E-state index contributed by atoms with van der Waals surface area (Å²) in [5, 5.41) is 8.86. The van der Waals surface area contributed by atoms with Crippen LogP contribution in [-0.2, 0) is 0 Å². The van der Waals surface area contributed by atoms with Gasteiger partial charge in [0, 0.05) is 5.92 Å². The van der Waals surface area contributed by atoms with E-state index in [9.17, 15) is 8.78 Å². The second kappa shape index (κ2) is 3.53. The van der Waals surface area contributed by atoms with Gasteiger partial charge in [-0.15, -0.1) is 0 Å². The van der Waals surface area contributed by atoms with Gasteiger partial charge in [0.25, 0.3) is 6.43 Å². The predicted octanol–water partition coefficient (Wildman–Crippen LogP) is 1.37. The van der Waals surface area contributed by atoms with Gasteiger partial charge in [-0.25, -0.2) is 8.78 Å². The number of rotatable bonds is 2. The third kappa shape index (κ3) is 1.83. The molecule has 0 spiro atoms. The molecule has 0 aromatic carbocycles. The highest BCUT2D eigenvalue weighted by Crippen LogP contribution is 2.28. The zero-order chi connectivity index (χ0) is 7.56. The Balaban J connectivity index is 2.32. The van der Waals surface area contributed by atoms with Crippen LogP contribution in [0.5, 0.6) is 0 Å². The summed E-state index contributed by atoms with van der Waals surface area (Å²) in [4.78, 5) is 0. The first kappa shape index (κ1) is 8.27. The summed E-state index contributed by atoms with van der Waals surface area (Å²) in [6.45, 7) is 0. The Bertz CT molecular complexity index is 104. The lowest BCUT2D eigenvalue weighted by molar-refractivity contribution is -0.0324. The molecule has 1 saturated heterocycles. The highest BCUT2D eigenvalue weighted by atomic mass is 32.2. The van der Waals surface area contributed by atoms with E-state index in [1.165, 1.54) is 0 Å². The van der Waals surface area contributed by atoms with E-state index >= 15 is 0 Å². The summed E-state index contributed by atoms with van der Waals surface area (Å²) < 4.78 is 23.6. The zero-order valence-corrected chi connectivity index (χ0v) is 6.28. The van der Waals surface area contributed by atoms with Crippen molar-refractivity contribution in [2.75, 3.05) is 11.5 Å². The fourth-order valence-electron chi connectivity index (χ4n) is 1.03. The molecule has 1 aliphatic heterocycles. The van der Waals surface area contributed by atoms with Crippen LogP contribution in [0.3, 0.4) is 0 Å². The van der Waals surface area contributed by atoms with Crippen molar-refractivity contribution in [2.45, 2.75) is 19.0 Å². The molecule has 0 amide bonds. The van der Waals surface area contributed by atoms with Crippen molar-refractivity contribution in [3.05, 3.63) is 0 Å². The predicted molar refractivity (Wildman–Crippen MR) is 37.4 cm³/mol. The van der Waals surface area contributed by atoms with Gasteiger partial charge < -0.3 is 5.11 Å². The quantitative estimate of drug-likeness (QED) is 0.672. The van der Waals surface area contributed by atoms with E-state index < -0.39 is 12.5 Å². The van der Waals surface area contributed by atoms with Crippen molar-refractivity contribution < 1.29 is 13.9 Å². The monoisotopic (exact) mass is 168 g/mol. The number of halogens is 2. The first-order valence-corrected chi connectivity index (χ1v) is 4.41. The Morgan fingerprint density at radius 3 is 2.60 bits per heavy atom. The molecule has 0 bridgehead atoms. The van der Waals surface area contributed by atoms with Gasteiger partial charge in [-0.2, -0.15) is 11.8 Å². The summed E-state index contributed by atoms with van der Waals surface area (Å²) in [6.07, 6.45) is -3.23. The summed E-state index contributed by atoms with van der Waals surface area (Å²) in [5.74, 6) is 1.42. The molecular weight excluding hydrogens is 158 g/mol. The molecule has 0 aromatic heterocycles. The van der Waals surface area contributed by atoms with Gasteiger partial charge >= 0.3 is 0 Å². The lowest BCUT2D eigenvalue weighted by atomic mass is 10.0. The number of hydrogen-bond acceptors (Lipinski definition) is 2. The molecule has 0 aliphatic carbocycles. The minimum Gasteiger partial charge on any atom is -0.387 e. The Hall–Kier alpha value is 0.170. The van der Waals surface area contributed by atoms with E-state index in [1.54, 1.807) is 11.8 Å². The van der Waals surface area contributed by atoms with Gasteiger partial charge in [-0.3, -0.25) is 0 Å². The van der Waals surface area contributed by atoms with E-state index in [0.29, 0.717) is 5.75 Å². The Morgan fingerprint density at radius 2 is 2.20 bits per heavy atom. The first-order chi connectivity index (χ1) is 4.72. The summed E-state index contributed by atoms with van der Waals surface area (Å²) in [5.41, 5.74) is 0. The highest BCUT2D eigenvalue weighted by Gasteiger charge is 2.29. The smallest absolute Gasteiger partial charge is 0.264 e. The van der Waals surface area contributed by atoms with E-state index in [2.05, 4.69) is 0 Å². The van der Waals surface area contributed by atoms with Crippen LogP contribution < -0.4 is 0 Å². The van der Waals surface area contributed by atoms with E-state index in [-0.39, 0.29) is 5.92 Å². The molecule has 4 heteroatoms.